The van der Waals surface area contributed by atoms with E-state index in [0.29, 0.717) is 0 Å². The van der Waals surface area contributed by atoms with Crippen molar-refractivity contribution in [2.24, 2.45) is 11.7 Å². The van der Waals surface area contributed by atoms with Crippen molar-refractivity contribution in [3.63, 3.8) is 0 Å². The molecule has 0 bridgehead atoms. The Labute approximate surface area is 93.5 Å². The summed E-state index contributed by atoms with van der Waals surface area (Å²) in [6, 6.07) is 0.748. The number of rotatable bonds is 3. The number of nitrogens with zero attached hydrogens (tertiary/aromatic N) is 1. The molecule has 0 spiro atoms. The Morgan fingerprint density at radius 3 is 2.60 bits per heavy atom. The third-order valence-corrected chi connectivity index (χ3v) is 3.92. The third-order valence-electron chi connectivity index (χ3n) is 3.92. The normalized spacial score (nSPS) is 29.5. The molecule has 1 atom stereocenters. The van der Waals surface area contributed by atoms with Gasteiger partial charge in [-0.05, 0) is 64.1 Å². The van der Waals surface area contributed by atoms with E-state index in [9.17, 15) is 0 Å². The predicted molar refractivity (Wildman–Crippen MR) is 64.7 cm³/mol. The number of piperidine rings is 1. The van der Waals surface area contributed by atoms with Crippen LogP contribution in [0.25, 0.3) is 0 Å². The summed E-state index contributed by atoms with van der Waals surface area (Å²) >= 11 is 0. The fourth-order valence-corrected chi connectivity index (χ4v) is 2.91. The van der Waals surface area contributed by atoms with Crippen LogP contribution in [0.15, 0.2) is 12.2 Å². The molecule has 2 heteroatoms. The highest BCUT2D eigenvalue weighted by Gasteiger charge is 2.23. The van der Waals surface area contributed by atoms with Crippen LogP contribution in [-0.2, 0) is 0 Å². The molecular weight excluding hydrogens is 184 g/mol. The topological polar surface area (TPSA) is 29.3 Å². The Morgan fingerprint density at radius 1 is 1.20 bits per heavy atom. The Hall–Kier alpha value is -0.340. The van der Waals surface area contributed by atoms with E-state index in [4.69, 9.17) is 5.73 Å². The molecule has 0 radical (unpaired) electrons. The van der Waals surface area contributed by atoms with Gasteiger partial charge in [-0.25, -0.2) is 0 Å². The summed E-state index contributed by atoms with van der Waals surface area (Å²) in [6.07, 6.45) is 12.8. The second kappa shape index (κ2) is 5.66. The molecule has 0 saturated carbocycles. The first-order chi connectivity index (χ1) is 7.40. The average Bonchev–Trinajstić information content (AvgIpc) is 2.32. The molecule has 86 valence electrons. The lowest BCUT2D eigenvalue weighted by Gasteiger charge is -2.37. The zero-order valence-electron chi connectivity index (χ0n) is 9.70. The molecule has 15 heavy (non-hydrogen) atoms. The average molecular weight is 208 g/mol. The van der Waals surface area contributed by atoms with Crippen LogP contribution in [0.3, 0.4) is 0 Å². The molecule has 1 aliphatic heterocycles. The molecule has 0 aromatic carbocycles. The molecule has 1 heterocycles. The first-order valence-electron chi connectivity index (χ1n) is 6.51. The Bertz CT molecular complexity index is 205. The van der Waals surface area contributed by atoms with Crippen LogP contribution in [0.2, 0.25) is 0 Å². The fourth-order valence-electron chi connectivity index (χ4n) is 2.91. The van der Waals surface area contributed by atoms with Crippen molar-refractivity contribution in [1.82, 2.24) is 4.90 Å². The lowest BCUT2D eigenvalue weighted by atomic mass is 9.91. The smallest absolute Gasteiger partial charge is 0.0278 e. The number of hydrogen-bond donors (Lipinski definition) is 1. The minimum atomic E-state index is 0.748. The molecular formula is C13H24N2. The fraction of sp³-hybridized carbons (Fsp3) is 0.846. The van der Waals surface area contributed by atoms with Crippen molar-refractivity contribution in [3.8, 4) is 0 Å². The summed E-state index contributed by atoms with van der Waals surface area (Å²) in [4.78, 5) is 2.67. The minimum Gasteiger partial charge on any atom is -0.330 e. The van der Waals surface area contributed by atoms with Crippen molar-refractivity contribution in [2.75, 3.05) is 19.6 Å². The zero-order valence-corrected chi connectivity index (χ0v) is 9.70. The maximum atomic E-state index is 5.61. The summed E-state index contributed by atoms with van der Waals surface area (Å²) in [5.74, 6) is 0.902. The van der Waals surface area contributed by atoms with E-state index >= 15 is 0 Å². The Kier molecular flexibility index (Phi) is 4.21. The van der Waals surface area contributed by atoms with Gasteiger partial charge in [-0.15, -0.1) is 0 Å². The van der Waals surface area contributed by atoms with Crippen molar-refractivity contribution >= 4 is 0 Å². The lowest BCUT2D eigenvalue weighted by molar-refractivity contribution is 0.143. The van der Waals surface area contributed by atoms with Crippen molar-refractivity contribution < 1.29 is 0 Å². The van der Waals surface area contributed by atoms with Gasteiger partial charge in [-0.1, -0.05) is 12.2 Å². The summed E-state index contributed by atoms with van der Waals surface area (Å²) < 4.78 is 0. The van der Waals surface area contributed by atoms with E-state index in [2.05, 4.69) is 17.1 Å². The summed E-state index contributed by atoms with van der Waals surface area (Å²) in [7, 11) is 0. The van der Waals surface area contributed by atoms with Gasteiger partial charge in [-0.3, -0.25) is 4.90 Å². The molecule has 1 aliphatic carbocycles. The Balaban J connectivity index is 1.77. The van der Waals surface area contributed by atoms with Crippen LogP contribution in [0.1, 0.15) is 38.5 Å². The van der Waals surface area contributed by atoms with Gasteiger partial charge in [-0.2, -0.15) is 0 Å². The maximum Gasteiger partial charge on any atom is 0.0278 e. The summed E-state index contributed by atoms with van der Waals surface area (Å²) in [5.41, 5.74) is 5.61. The van der Waals surface area contributed by atoms with Gasteiger partial charge < -0.3 is 5.73 Å². The first kappa shape index (κ1) is 11.2. The van der Waals surface area contributed by atoms with E-state index in [1.807, 2.05) is 0 Å². The molecule has 0 amide bonds. The van der Waals surface area contributed by atoms with E-state index in [-0.39, 0.29) is 0 Å². The van der Waals surface area contributed by atoms with Crippen molar-refractivity contribution in [3.05, 3.63) is 12.2 Å². The van der Waals surface area contributed by atoms with Gasteiger partial charge in [0.1, 0.15) is 0 Å². The van der Waals surface area contributed by atoms with Gasteiger partial charge in [0, 0.05) is 6.04 Å². The largest absolute Gasteiger partial charge is 0.330 e. The third kappa shape index (κ3) is 3.05. The van der Waals surface area contributed by atoms with Crippen LogP contribution < -0.4 is 5.73 Å². The SMILES string of the molecule is NCCC1CCN(C2C=CCCC2)CC1. The second-order valence-corrected chi connectivity index (χ2v) is 4.98. The summed E-state index contributed by atoms with van der Waals surface area (Å²) in [5, 5.41) is 0. The quantitative estimate of drug-likeness (QED) is 0.720. The molecule has 1 saturated heterocycles. The van der Waals surface area contributed by atoms with Gasteiger partial charge in [0.25, 0.3) is 0 Å². The van der Waals surface area contributed by atoms with Gasteiger partial charge in [0.05, 0.1) is 0 Å². The summed E-state index contributed by atoms with van der Waals surface area (Å²) in [6.45, 7) is 3.45. The molecule has 1 fully saturated rings. The van der Waals surface area contributed by atoms with E-state index in [0.717, 1.165) is 18.5 Å². The van der Waals surface area contributed by atoms with Crippen molar-refractivity contribution in [1.29, 1.82) is 0 Å². The minimum absolute atomic E-state index is 0.748. The van der Waals surface area contributed by atoms with Crippen LogP contribution in [0.5, 0.6) is 0 Å². The number of allylic oxidation sites excluding steroid dienone is 1. The highest BCUT2D eigenvalue weighted by molar-refractivity contribution is 4.99. The molecule has 2 aliphatic rings. The molecule has 0 aromatic rings. The molecule has 0 aromatic heterocycles. The van der Waals surface area contributed by atoms with Crippen molar-refractivity contribution in [2.45, 2.75) is 44.6 Å². The Morgan fingerprint density at radius 2 is 2.00 bits per heavy atom. The maximum absolute atomic E-state index is 5.61. The van der Waals surface area contributed by atoms with Crippen LogP contribution in [-0.4, -0.2) is 30.6 Å². The number of likely N-dealkylation sites (tertiary alicyclic amines) is 1. The van der Waals surface area contributed by atoms with Crippen LogP contribution >= 0.6 is 0 Å². The van der Waals surface area contributed by atoms with E-state index < -0.39 is 0 Å². The lowest BCUT2D eigenvalue weighted by Crippen LogP contribution is -2.41. The van der Waals surface area contributed by atoms with E-state index in [1.54, 1.807) is 0 Å². The molecule has 2 nitrogen and oxygen atoms in total. The molecule has 2 rings (SSSR count). The van der Waals surface area contributed by atoms with Gasteiger partial charge >= 0.3 is 0 Å². The molecule has 2 N–H and O–H groups in total. The second-order valence-electron chi connectivity index (χ2n) is 4.98. The monoisotopic (exact) mass is 208 g/mol. The highest BCUT2D eigenvalue weighted by atomic mass is 15.2. The molecule has 1 unspecified atom stereocenters. The van der Waals surface area contributed by atoms with E-state index in [1.165, 1.54) is 51.6 Å². The van der Waals surface area contributed by atoms with Crippen LogP contribution in [0, 0.1) is 5.92 Å². The highest BCUT2D eigenvalue weighted by Crippen LogP contribution is 2.24. The standard InChI is InChI=1S/C13H24N2/c14-9-6-12-7-10-15(11-8-12)13-4-2-1-3-5-13/h2,4,12-13H,1,3,5-11,14H2. The first-order valence-corrected chi connectivity index (χ1v) is 6.51. The number of hydrogen-bond acceptors (Lipinski definition) is 2. The zero-order chi connectivity index (χ0) is 10.5. The van der Waals surface area contributed by atoms with Gasteiger partial charge in [0.15, 0.2) is 0 Å². The van der Waals surface area contributed by atoms with Gasteiger partial charge in [0.2, 0.25) is 0 Å². The predicted octanol–water partition coefficient (Wildman–Crippen LogP) is 2.16. The number of nitrogens with two attached hydrogens (primary N) is 1. The van der Waals surface area contributed by atoms with Crippen LogP contribution in [0.4, 0.5) is 0 Å².